The molecule has 0 aliphatic heterocycles. The number of phenols is 1. The van der Waals surface area contributed by atoms with Crippen LogP contribution in [-0.4, -0.2) is 59.1 Å². The number of benzene rings is 3. The van der Waals surface area contributed by atoms with Crippen molar-refractivity contribution in [1.82, 2.24) is 20.2 Å². The smallest absolute Gasteiger partial charge is 0.250 e. The van der Waals surface area contributed by atoms with Gasteiger partial charge in [-0.15, -0.1) is 10.2 Å². The van der Waals surface area contributed by atoms with Gasteiger partial charge in [-0.3, -0.25) is 9.36 Å². The van der Waals surface area contributed by atoms with Gasteiger partial charge in [0.25, 0.3) is 5.91 Å². The van der Waals surface area contributed by atoms with Gasteiger partial charge in [0.05, 0.1) is 33.3 Å². The molecular weight excluding hydrogens is 506 g/mol. The molecule has 2 N–H and O–H groups in total. The third-order valence-electron chi connectivity index (χ3n) is 5.51. The number of thioether (sulfide) groups is 1. The first kappa shape index (κ1) is 26.6. The van der Waals surface area contributed by atoms with Crippen molar-refractivity contribution in [2.45, 2.75) is 12.1 Å². The van der Waals surface area contributed by atoms with Crippen molar-refractivity contribution in [3.8, 4) is 40.1 Å². The monoisotopic (exact) mass is 533 g/mol. The van der Waals surface area contributed by atoms with Crippen LogP contribution in [0, 0.1) is 6.92 Å². The quantitative estimate of drug-likeness (QED) is 0.177. The van der Waals surface area contributed by atoms with Crippen LogP contribution in [0.25, 0.3) is 17.1 Å². The number of methoxy groups -OCH3 is 3. The minimum Gasteiger partial charge on any atom is -0.502 e. The predicted octanol–water partition coefficient (Wildman–Crippen LogP) is 4.22. The number of aromatic nitrogens is 3. The lowest BCUT2D eigenvalue weighted by Crippen LogP contribution is -2.20. The molecule has 1 amide bonds. The second-order valence-corrected chi connectivity index (χ2v) is 9.00. The molecule has 0 saturated heterocycles. The van der Waals surface area contributed by atoms with Crippen molar-refractivity contribution < 1.29 is 24.1 Å². The van der Waals surface area contributed by atoms with Crippen molar-refractivity contribution in [1.29, 1.82) is 0 Å². The molecule has 0 unspecified atom stereocenters. The highest BCUT2D eigenvalue weighted by Gasteiger charge is 2.17. The van der Waals surface area contributed by atoms with E-state index in [-0.39, 0.29) is 28.9 Å². The molecule has 196 valence electrons. The maximum atomic E-state index is 12.5. The van der Waals surface area contributed by atoms with Crippen molar-refractivity contribution in [2.75, 3.05) is 27.1 Å². The van der Waals surface area contributed by atoms with Gasteiger partial charge in [0.1, 0.15) is 5.75 Å². The van der Waals surface area contributed by atoms with Crippen LogP contribution in [0.15, 0.2) is 70.9 Å². The van der Waals surface area contributed by atoms with Crippen molar-refractivity contribution in [3.05, 3.63) is 71.8 Å². The largest absolute Gasteiger partial charge is 0.502 e. The number of nitrogens with zero attached hydrogens (tertiary/aromatic N) is 4. The van der Waals surface area contributed by atoms with E-state index >= 15 is 0 Å². The Morgan fingerprint density at radius 2 is 1.66 bits per heavy atom. The van der Waals surface area contributed by atoms with E-state index in [9.17, 15) is 9.90 Å². The fourth-order valence-corrected chi connectivity index (χ4v) is 4.29. The first-order valence-corrected chi connectivity index (χ1v) is 12.5. The summed E-state index contributed by atoms with van der Waals surface area (Å²) in [5.41, 5.74) is 5.95. The van der Waals surface area contributed by atoms with Crippen LogP contribution < -0.4 is 19.6 Å². The molecule has 10 nitrogen and oxygen atoms in total. The highest BCUT2D eigenvalue weighted by atomic mass is 32.2. The Kier molecular flexibility index (Phi) is 8.49. The molecule has 4 rings (SSSR count). The lowest BCUT2D eigenvalue weighted by molar-refractivity contribution is -0.118. The van der Waals surface area contributed by atoms with Gasteiger partial charge in [0.15, 0.2) is 22.5 Å². The fraction of sp³-hybridized carbons (Fsp3) is 0.185. The summed E-state index contributed by atoms with van der Waals surface area (Å²) in [6.07, 6.45) is 1.43. The molecule has 0 saturated carbocycles. The molecule has 0 bridgehead atoms. The minimum atomic E-state index is -0.326. The molecule has 0 spiro atoms. The number of carbonyl (C=O) groups excluding carboxylic acids is 1. The summed E-state index contributed by atoms with van der Waals surface area (Å²) in [6.45, 7) is 2.02. The molecule has 4 aromatic rings. The standard InChI is InChI=1S/C27H27N5O5S/c1-17-5-9-20(10-6-17)32-26(19-7-11-21(35-2)12-8-19)30-31-27(32)38-16-24(33)29-28-15-18-13-22(36-3)25(34)23(14-18)37-4/h5-15,34H,16H2,1-4H3,(H,29,33)/b28-15+. The van der Waals surface area contributed by atoms with Gasteiger partial charge in [-0.05, 0) is 55.5 Å². The van der Waals surface area contributed by atoms with E-state index in [4.69, 9.17) is 14.2 Å². The minimum absolute atomic E-state index is 0.0617. The Hall–Kier alpha value is -4.51. The Balaban J connectivity index is 1.50. The first-order chi connectivity index (χ1) is 18.4. The average molecular weight is 534 g/mol. The van der Waals surface area contributed by atoms with E-state index in [2.05, 4.69) is 20.7 Å². The van der Waals surface area contributed by atoms with E-state index in [0.717, 1.165) is 22.6 Å². The topological polar surface area (TPSA) is 120 Å². The Bertz CT molecular complexity index is 1410. The number of hydrogen-bond acceptors (Lipinski definition) is 9. The second kappa shape index (κ2) is 12.2. The maximum Gasteiger partial charge on any atom is 0.250 e. The molecular formula is C27H27N5O5S. The van der Waals surface area contributed by atoms with Crippen LogP contribution in [0.2, 0.25) is 0 Å². The zero-order valence-corrected chi connectivity index (χ0v) is 22.2. The van der Waals surface area contributed by atoms with Crippen molar-refractivity contribution in [3.63, 3.8) is 0 Å². The number of carbonyl (C=O) groups is 1. The van der Waals surface area contributed by atoms with E-state index in [0.29, 0.717) is 16.5 Å². The van der Waals surface area contributed by atoms with Crippen molar-refractivity contribution in [2.24, 2.45) is 5.10 Å². The van der Waals surface area contributed by atoms with Gasteiger partial charge >= 0.3 is 0 Å². The Labute approximate surface area is 224 Å². The number of hydrogen-bond donors (Lipinski definition) is 2. The Morgan fingerprint density at radius 1 is 1.00 bits per heavy atom. The molecule has 0 atom stereocenters. The van der Waals surface area contributed by atoms with Gasteiger partial charge < -0.3 is 19.3 Å². The van der Waals surface area contributed by atoms with Gasteiger partial charge in [0, 0.05) is 16.8 Å². The summed E-state index contributed by atoms with van der Waals surface area (Å²) in [5.74, 6) is 1.48. The zero-order chi connectivity index (χ0) is 27.1. The first-order valence-electron chi connectivity index (χ1n) is 11.5. The summed E-state index contributed by atoms with van der Waals surface area (Å²) in [4.78, 5) is 12.5. The number of nitrogens with one attached hydrogen (secondary N) is 1. The van der Waals surface area contributed by atoms with Crippen LogP contribution in [0.4, 0.5) is 0 Å². The van der Waals surface area contributed by atoms with E-state index in [1.807, 2.05) is 60.0 Å². The summed E-state index contributed by atoms with van der Waals surface area (Å²) in [7, 11) is 4.49. The SMILES string of the molecule is COc1ccc(-c2nnc(SCC(=O)N/N=C/c3cc(OC)c(O)c(OC)c3)n2-c2ccc(C)cc2)cc1. The third kappa shape index (κ3) is 6.06. The number of ether oxygens (including phenoxy) is 3. The van der Waals surface area contributed by atoms with Crippen LogP contribution in [0.5, 0.6) is 23.0 Å². The average Bonchev–Trinajstić information content (AvgIpc) is 3.37. The number of aromatic hydroxyl groups is 1. The van der Waals surface area contributed by atoms with Gasteiger partial charge in [-0.1, -0.05) is 29.5 Å². The number of phenolic OH excluding ortho intramolecular Hbond substituents is 1. The molecule has 0 fully saturated rings. The summed E-state index contributed by atoms with van der Waals surface area (Å²) < 4.78 is 17.5. The number of hydrazone groups is 1. The predicted molar refractivity (Wildman–Crippen MR) is 146 cm³/mol. The van der Waals surface area contributed by atoms with E-state index < -0.39 is 0 Å². The van der Waals surface area contributed by atoms with E-state index in [1.165, 1.54) is 32.2 Å². The van der Waals surface area contributed by atoms with E-state index in [1.54, 1.807) is 19.2 Å². The molecule has 1 heterocycles. The third-order valence-corrected chi connectivity index (χ3v) is 6.44. The summed E-state index contributed by atoms with van der Waals surface area (Å²) in [6, 6.07) is 18.7. The van der Waals surface area contributed by atoms with Crippen LogP contribution in [-0.2, 0) is 4.79 Å². The van der Waals surface area contributed by atoms with Crippen LogP contribution in [0.1, 0.15) is 11.1 Å². The van der Waals surface area contributed by atoms with Gasteiger partial charge in [-0.25, -0.2) is 5.43 Å². The summed E-state index contributed by atoms with van der Waals surface area (Å²) >= 11 is 1.24. The maximum absolute atomic E-state index is 12.5. The molecule has 38 heavy (non-hydrogen) atoms. The second-order valence-electron chi connectivity index (χ2n) is 8.06. The number of aryl methyl sites for hydroxylation is 1. The fourth-order valence-electron chi connectivity index (χ4n) is 3.55. The number of rotatable bonds is 10. The molecule has 11 heteroatoms. The molecule has 0 aliphatic rings. The molecule has 0 aliphatic carbocycles. The van der Waals surface area contributed by atoms with Crippen LogP contribution in [0.3, 0.4) is 0 Å². The molecule has 3 aromatic carbocycles. The van der Waals surface area contributed by atoms with Crippen molar-refractivity contribution >= 4 is 23.9 Å². The Morgan fingerprint density at radius 3 is 2.26 bits per heavy atom. The van der Waals surface area contributed by atoms with Gasteiger partial charge in [-0.2, -0.15) is 5.10 Å². The molecule has 1 aromatic heterocycles. The highest BCUT2D eigenvalue weighted by molar-refractivity contribution is 7.99. The summed E-state index contributed by atoms with van der Waals surface area (Å²) in [5, 5.41) is 23.4. The normalized spacial score (nSPS) is 10.9. The zero-order valence-electron chi connectivity index (χ0n) is 21.3. The van der Waals surface area contributed by atoms with Gasteiger partial charge in [0.2, 0.25) is 5.75 Å². The highest BCUT2D eigenvalue weighted by Crippen LogP contribution is 2.36. The molecule has 0 radical (unpaired) electrons. The lowest BCUT2D eigenvalue weighted by atomic mass is 10.2. The van der Waals surface area contributed by atoms with Crippen LogP contribution >= 0.6 is 11.8 Å². The lowest BCUT2D eigenvalue weighted by Gasteiger charge is -2.11. The number of amides is 1.